The van der Waals surface area contributed by atoms with Gasteiger partial charge >= 0.3 is 0 Å². The number of carbonyl (C=O) groups is 1. The fourth-order valence-electron chi connectivity index (χ4n) is 1.97. The van der Waals surface area contributed by atoms with E-state index in [1.807, 2.05) is 32.0 Å². The fourth-order valence-corrected chi connectivity index (χ4v) is 2.58. The van der Waals surface area contributed by atoms with Gasteiger partial charge in [-0.05, 0) is 32.4 Å². The molecule has 112 valence electrons. The van der Waals surface area contributed by atoms with E-state index in [9.17, 15) is 13.2 Å². The zero-order valence-corrected chi connectivity index (χ0v) is 13.3. The Labute approximate surface area is 121 Å². The maximum Gasteiger partial charge on any atom is 0.223 e. The molecule has 0 aliphatic rings. The van der Waals surface area contributed by atoms with Gasteiger partial charge in [-0.15, -0.1) is 0 Å². The van der Waals surface area contributed by atoms with Crippen molar-refractivity contribution in [2.75, 3.05) is 23.7 Å². The topological polar surface area (TPSA) is 66.5 Å². The molecule has 0 fully saturated rings. The number of amides is 1. The summed E-state index contributed by atoms with van der Waals surface area (Å²) in [4.78, 5) is 13.3. The number of aryl methyl sites for hydroxylation is 2. The summed E-state index contributed by atoms with van der Waals surface area (Å²) in [5, 5.41) is 0. The second-order valence-corrected chi connectivity index (χ2v) is 6.85. The van der Waals surface area contributed by atoms with Crippen molar-refractivity contribution in [3.05, 3.63) is 29.3 Å². The number of sulfonamides is 1. The van der Waals surface area contributed by atoms with Crippen LogP contribution in [0.5, 0.6) is 0 Å². The summed E-state index contributed by atoms with van der Waals surface area (Å²) in [5.41, 5.74) is 2.94. The monoisotopic (exact) mass is 298 g/mol. The van der Waals surface area contributed by atoms with Gasteiger partial charge in [0.1, 0.15) is 0 Å². The second kappa shape index (κ2) is 6.85. The first kappa shape index (κ1) is 16.7. The van der Waals surface area contributed by atoms with Gasteiger partial charge in [-0.2, -0.15) is 0 Å². The lowest BCUT2D eigenvalue weighted by atomic mass is 10.1. The van der Waals surface area contributed by atoms with Gasteiger partial charge in [-0.3, -0.25) is 4.79 Å². The summed E-state index contributed by atoms with van der Waals surface area (Å²) in [5.74, 6) is -0.0657. The molecule has 0 atom stereocenters. The maximum absolute atomic E-state index is 11.8. The number of rotatable bonds is 6. The third-order valence-corrected chi connectivity index (χ3v) is 4.46. The summed E-state index contributed by atoms with van der Waals surface area (Å²) in [6, 6.07) is 5.83. The summed E-state index contributed by atoms with van der Waals surface area (Å²) in [6.07, 6.45) is 0. The predicted octanol–water partition coefficient (Wildman–Crippen LogP) is 1.60. The van der Waals surface area contributed by atoms with E-state index in [0.717, 1.165) is 16.8 Å². The summed E-state index contributed by atoms with van der Waals surface area (Å²) >= 11 is 0. The molecule has 0 aromatic heterocycles. The van der Waals surface area contributed by atoms with Crippen LogP contribution in [0.3, 0.4) is 0 Å². The molecule has 1 aromatic carbocycles. The predicted molar refractivity (Wildman–Crippen MR) is 81.4 cm³/mol. The van der Waals surface area contributed by atoms with Gasteiger partial charge in [-0.25, -0.2) is 13.1 Å². The Bertz CT molecular complexity index is 582. The van der Waals surface area contributed by atoms with Crippen molar-refractivity contribution < 1.29 is 13.2 Å². The van der Waals surface area contributed by atoms with Crippen molar-refractivity contribution in [3.63, 3.8) is 0 Å². The molecule has 6 heteroatoms. The van der Waals surface area contributed by atoms with Crippen molar-refractivity contribution >= 4 is 21.6 Å². The first-order valence-electron chi connectivity index (χ1n) is 6.59. The minimum Gasteiger partial charge on any atom is -0.311 e. The Morgan fingerprint density at radius 1 is 1.30 bits per heavy atom. The highest BCUT2D eigenvalue weighted by atomic mass is 32.2. The first-order chi connectivity index (χ1) is 9.26. The minimum atomic E-state index is -3.23. The fraction of sp³-hybridized carbons (Fsp3) is 0.500. The molecule has 1 aromatic rings. The number of hydrogen-bond acceptors (Lipinski definition) is 3. The molecule has 0 unspecified atom stereocenters. The third-order valence-electron chi connectivity index (χ3n) is 3.06. The Morgan fingerprint density at radius 3 is 2.45 bits per heavy atom. The van der Waals surface area contributed by atoms with Crippen LogP contribution >= 0.6 is 0 Å². The smallest absolute Gasteiger partial charge is 0.223 e. The Hall–Kier alpha value is -1.40. The average molecular weight is 298 g/mol. The number of nitrogens with one attached hydrogen (secondary N) is 1. The van der Waals surface area contributed by atoms with Gasteiger partial charge in [-0.1, -0.05) is 17.7 Å². The number of hydrogen-bond donors (Lipinski definition) is 1. The lowest BCUT2D eigenvalue weighted by Gasteiger charge is -2.23. The van der Waals surface area contributed by atoms with Crippen LogP contribution in [0.2, 0.25) is 0 Å². The SMILES string of the molecule is CCS(=O)(=O)NCCN(C(C)=O)c1ccc(C)cc1C. The van der Waals surface area contributed by atoms with E-state index in [2.05, 4.69) is 4.72 Å². The number of carbonyl (C=O) groups excluding carboxylic acids is 1. The molecule has 1 N–H and O–H groups in total. The van der Waals surface area contributed by atoms with Gasteiger partial charge in [0.05, 0.1) is 5.75 Å². The van der Waals surface area contributed by atoms with Gasteiger partial charge in [0.25, 0.3) is 0 Å². The molecular weight excluding hydrogens is 276 g/mol. The van der Waals surface area contributed by atoms with Gasteiger partial charge in [0.15, 0.2) is 0 Å². The summed E-state index contributed by atoms with van der Waals surface area (Å²) in [7, 11) is -3.23. The van der Waals surface area contributed by atoms with E-state index < -0.39 is 10.0 Å². The van der Waals surface area contributed by atoms with E-state index in [-0.39, 0.29) is 18.2 Å². The number of benzene rings is 1. The highest BCUT2D eigenvalue weighted by Crippen LogP contribution is 2.21. The van der Waals surface area contributed by atoms with E-state index >= 15 is 0 Å². The second-order valence-electron chi connectivity index (χ2n) is 4.76. The van der Waals surface area contributed by atoms with E-state index in [1.165, 1.54) is 6.92 Å². The van der Waals surface area contributed by atoms with E-state index in [0.29, 0.717) is 6.54 Å². The lowest BCUT2D eigenvalue weighted by molar-refractivity contribution is -0.116. The summed E-state index contributed by atoms with van der Waals surface area (Å²) in [6.45, 7) is 7.52. The number of anilines is 1. The summed E-state index contributed by atoms with van der Waals surface area (Å²) < 4.78 is 25.2. The first-order valence-corrected chi connectivity index (χ1v) is 8.24. The molecule has 20 heavy (non-hydrogen) atoms. The van der Waals surface area contributed by atoms with Crippen LogP contribution in [0.15, 0.2) is 18.2 Å². The van der Waals surface area contributed by atoms with Crippen LogP contribution in [0.25, 0.3) is 0 Å². The van der Waals surface area contributed by atoms with Crippen LogP contribution in [0.4, 0.5) is 5.69 Å². The molecule has 0 bridgehead atoms. The van der Waals surface area contributed by atoms with Gasteiger partial charge in [0.2, 0.25) is 15.9 Å². The van der Waals surface area contributed by atoms with Crippen LogP contribution in [0.1, 0.15) is 25.0 Å². The third kappa shape index (κ3) is 4.61. The number of nitrogens with zero attached hydrogens (tertiary/aromatic N) is 1. The van der Waals surface area contributed by atoms with Crippen molar-refractivity contribution in [3.8, 4) is 0 Å². The molecule has 0 heterocycles. The zero-order chi connectivity index (χ0) is 15.3. The van der Waals surface area contributed by atoms with Crippen LogP contribution in [-0.2, 0) is 14.8 Å². The van der Waals surface area contributed by atoms with E-state index in [1.54, 1.807) is 11.8 Å². The lowest BCUT2D eigenvalue weighted by Crippen LogP contribution is -2.38. The Morgan fingerprint density at radius 2 is 1.95 bits per heavy atom. The highest BCUT2D eigenvalue weighted by molar-refractivity contribution is 7.89. The molecular formula is C14H22N2O3S. The van der Waals surface area contributed by atoms with E-state index in [4.69, 9.17) is 0 Å². The average Bonchev–Trinajstić information content (AvgIpc) is 2.35. The van der Waals surface area contributed by atoms with Crippen LogP contribution < -0.4 is 9.62 Å². The molecule has 0 aliphatic carbocycles. The molecule has 0 aliphatic heterocycles. The largest absolute Gasteiger partial charge is 0.311 e. The quantitative estimate of drug-likeness (QED) is 0.867. The van der Waals surface area contributed by atoms with Crippen molar-refractivity contribution in [1.82, 2.24) is 4.72 Å². The van der Waals surface area contributed by atoms with Crippen LogP contribution in [0, 0.1) is 13.8 Å². The minimum absolute atomic E-state index is 0.0383. The maximum atomic E-state index is 11.8. The normalized spacial score (nSPS) is 11.4. The molecule has 0 spiro atoms. The Kier molecular flexibility index (Phi) is 5.71. The highest BCUT2D eigenvalue weighted by Gasteiger charge is 2.14. The standard InChI is InChI=1S/C14H22N2O3S/c1-5-20(18,19)15-8-9-16(13(4)17)14-7-6-11(2)10-12(14)3/h6-7,10,15H,5,8-9H2,1-4H3. The van der Waals surface area contributed by atoms with Gasteiger partial charge in [0, 0.05) is 25.7 Å². The van der Waals surface area contributed by atoms with Crippen molar-refractivity contribution in [2.45, 2.75) is 27.7 Å². The molecule has 1 rings (SSSR count). The molecule has 0 radical (unpaired) electrons. The molecule has 5 nitrogen and oxygen atoms in total. The molecule has 1 amide bonds. The van der Waals surface area contributed by atoms with Crippen LogP contribution in [-0.4, -0.2) is 33.2 Å². The molecule has 0 saturated carbocycles. The zero-order valence-electron chi connectivity index (χ0n) is 12.4. The molecule has 0 saturated heterocycles. The van der Waals surface area contributed by atoms with Gasteiger partial charge < -0.3 is 4.90 Å². The van der Waals surface area contributed by atoms with Crippen molar-refractivity contribution in [2.24, 2.45) is 0 Å². The Balaban J connectivity index is 2.83. The van der Waals surface area contributed by atoms with Crippen molar-refractivity contribution in [1.29, 1.82) is 0 Å².